The van der Waals surface area contributed by atoms with E-state index in [1.807, 2.05) is 0 Å². The molecule has 2 aliphatic rings. The standard InChI is InChI=1S/C10H18N2O5S2/c13-10(12-9-2-4-19(16,17)7-9)5-11-8-1-3-18(14,15)6-8/h8-9,11H,1-7H2,(H,12,13)/t8-,9+/m0/s1. The third kappa shape index (κ3) is 4.43. The van der Waals surface area contributed by atoms with Gasteiger partial charge in [-0.25, -0.2) is 16.8 Å². The zero-order valence-electron chi connectivity index (χ0n) is 10.5. The van der Waals surface area contributed by atoms with Crippen molar-refractivity contribution < 1.29 is 21.6 Å². The van der Waals surface area contributed by atoms with Gasteiger partial charge in [-0.3, -0.25) is 4.79 Å². The van der Waals surface area contributed by atoms with Crippen molar-refractivity contribution in [2.45, 2.75) is 24.9 Å². The molecule has 0 radical (unpaired) electrons. The first kappa shape index (κ1) is 14.7. The molecule has 0 aromatic carbocycles. The van der Waals surface area contributed by atoms with Crippen LogP contribution in [0.4, 0.5) is 0 Å². The normalized spacial score (nSPS) is 32.2. The Morgan fingerprint density at radius 3 is 1.95 bits per heavy atom. The number of nitrogens with one attached hydrogen (secondary N) is 2. The number of sulfone groups is 2. The van der Waals surface area contributed by atoms with Crippen LogP contribution < -0.4 is 10.6 Å². The maximum absolute atomic E-state index is 11.6. The molecule has 0 unspecified atom stereocenters. The van der Waals surface area contributed by atoms with Crippen molar-refractivity contribution in [2.24, 2.45) is 0 Å². The Morgan fingerprint density at radius 2 is 1.47 bits per heavy atom. The molecule has 9 heteroatoms. The van der Waals surface area contributed by atoms with E-state index in [2.05, 4.69) is 10.6 Å². The second-order valence-electron chi connectivity index (χ2n) is 5.15. The minimum absolute atomic E-state index is 0.00342. The highest BCUT2D eigenvalue weighted by molar-refractivity contribution is 7.91. The zero-order chi connectivity index (χ0) is 14.1. The van der Waals surface area contributed by atoms with Crippen LogP contribution in [0.5, 0.6) is 0 Å². The molecular weight excluding hydrogens is 292 g/mol. The molecule has 2 rings (SSSR count). The third-order valence-electron chi connectivity index (χ3n) is 3.38. The first-order chi connectivity index (χ1) is 8.76. The summed E-state index contributed by atoms with van der Waals surface area (Å²) in [5, 5.41) is 5.54. The lowest BCUT2D eigenvalue weighted by Crippen LogP contribution is -2.44. The average Bonchev–Trinajstić information content (AvgIpc) is 2.78. The van der Waals surface area contributed by atoms with E-state index in [0.717, 1.165) is 0 Å². The number of carbonyl (C=O) groups excluding carboxylic acids is 1. The van der Waals surface area contributed by atoms with E-state index < -0.39 is 19.7 Å². The fourth-order valence-corrected chi connectivity index (χ4v) is 5.76. The van der Waals surface area contributed by atoms with Crippen LogP contribution in [0.3, 0.4) is 0 Å². The van der Waals surface area contributed by atoms with Gasteiger partial charge in [0.2, 0.25) is 5.91 Å². The van der Waals surface area contributed by atoms with Gasteiger partial charge >= 0.3 is 0 Å². The number of carbonyl (C=O) groups is 1. The Labute approximate surface area is 113 Å². The minimum Gasteiger partial charge on any atom is -0.351 e. The van der Waals surface area contributed by atoms with Gasteiger partial charge in [0.15, 0.2) is 19.7 Å². The van der Waals surface area contributed by atoms with Crippen molar-refractivity contribution in [1.82, 2.24) is 10.6 Å². The van der Waals surface area contributed by atoms with Crippen LogP contribution in [-0.2, 0) is 24.5 Å². The fraction of sp³-hybridized carbons (Fsp3) is 0.900. The van der Waals surface area contributed by atoms with Crippen LogP contribution in [0.1, 0.15) is 12.8 Å². The van der Waals surface area contributed by atoms with E-state index in [1.165, 1.54) is 0 Å². The predicted molar refractivity (Wildman–Crippen MR) is 70.3 cm³/mol. The number of hydrogen-bond donors (Lipinski definition) is 2. The van der Waals surface area contributed by atoms with Crippen molar-refractivity contribution in [3.8, 4) is 0 Å². The summed E-state index contributed by atoms with van der Waals surface area (Å²) in [5.74, 6) is 0.0556. The molecule has 1 amide bonds. The summed E-state index contributed by atoms with van der Waals surface area (Å²) in [6.07, 6.45) is 0.972. The summed E-state index contributed by atoms with van der Waals surface area (Å²) in [6, 6.07) is -0.491. The smallest absolute Gasteiger partial charge is 0.234 e. The van der Waals surface area contributed by atoms with Gasteiger partial charge in [0.05, 0.1) is 29.6 Å². The molecule has 2 fully saturated rings. The van der Waals surface area contributed by atoms with E-state index in [0.29, 0.717) is 12.8 Å². The Bertz CT molecular complexity index is 554. The molecule has 2 aliphatic heterocycles. The topological polar surface area (TPSA) is 109 Å². The quantitative estimate of drug-likeness (QED) is 0.626. The Kier molecular flexibility index (Phi) is 4.17. The zero-order valence-corrected chi connectivity index (χ0v) is 12.1. The summed E-state index contributed by atoms with van der Waals surface area (Å²) >= 11 is 0. The molecular formula is C10H18N2O5S2. The highest BCUT2D eigenvalue weighted by Gasteiger charge is 2.30. The lowest BCUT2D eigenvalue weighted by molar-refractivity contribution is -0.120. The second kappa shape index (κ2) is 5.37. The van der Waals surface area contributed by atoms with Crippen LogP contribution in [0.15, 0.2) is 0 Å². The molecule has 0 bridgehead atoms. The van der Waals surface area contributed by atoms with Gasteiger partial charge in [0.1, 0.15) is 0 Å². The second-order valence-corrected chi connectivity index (χ2v) is 9.61. The van der Waals surface area contributed by atoms with Crippen molar-refractivity contribution in [3.63, 3.8) is 0 Å². The number of hydrogen-bond acceptors (Lipinski definition) is 6. The molecule has 0 aromatic heterocycles. The van der Waals surface area contributed by atoms with Gasteiger partial charge in [-0.2, -0.15) is 0 Å². The Hall–Kier alpha value is -0.670. The highest BCUT2D eigenvalue weighted by Crippen LogP contribution is 2.12. The van der Waals surface area contributed by atoms with Crippen LogP contribution in [-0.4, -0.2) is 64.4 Å². The monoisotopic (exact) mass is 310 g/mol. The molecule has 2 N–H and O–H groups in total. The fourth-order valence-electron chi connectivity index (χ4n) is 2.38. The SMILES string of the molecule is O=C(CN[C@H]1CCS(=O)(=O)C1)N[C@@H]1CCS(=O)(=O)C1. The van der Waals surface area contributed by atoms with Crippen LogP contribution >= 0.6 is 0 Å². The minimum atomic E-state index is -3.00. The molecule has 0 spiro atoms. The highest BCUT2D eigenvalue weighted by atomic mass is 32.2. The van der Waals surface area contributed by atoms with Crippen LogP contribution in [0, 0.1) is 0 Å². The summed E-state index contributed by atoms with van der Waals surface area (Å²) in [6.45, 7) is 0.0245. The first-order valence-corrected chi connectivity index (χ1v) is 9.84. The molecule has 2 saturated heterocycles. The van der Waals surface area contributed by atoms with E-state index in [9.17, 15) is 21.6 Å². The average molecular weight is 310 g/mol. The van der Waals surface area contributed by atoms with Crippen molar-refractivity contribution in [3.05, 3.63) is 0 Å². The van der Waals surface area contributed by atoms with Gasteiger partial charge in [-0.05, 0) is 12.8 Å². The van der Waals surface area contributed by atoms with Gasteiger partial charge < -0.3 is 10.6 Å². The molecule has 2 heterocycles. The summed E-state index contributed by atoms with van der Waals surface area (Å²) < 4.78 is 44.9. The molecule has 0 aromatic rings. The summed E-state index contributed by atoms with van der Waals surface area (Å²) in [4.78, 5) is 11.6. The molecule has 0 saturated carbocycles. The maximum Gasteiger partial charge on any atom is 0.234 e. The molecule has 110 valence electrons. The Balaban J connectivity index is 1.71. The van der Waals surface area contributed by atoms with Crippen molar-refractivity contribution >= 4 is 25.6 Å². The largest absolute Gasteiger partial charge is 0.351 e. The molecule has 2 atom stereocenters. The van der Waals surface area contributed by atoms with Crippen molar-refractivity contribution in [1.29, 1.82) is 0 Å². The molecule has 19 heavy (non-hydrogen) atoms. The third-order valence-corrected chi connectivity index (χ3v) is 6.92. The summed E-state index contributed by atoms with van der Waals surface area (Å²) in [7, 11) is -5.96. The van der Waals surface area contributed by atoms with E-state index in [-0.39, 0.29) is 47.5 Å². The number of amides is 1. The first-order valence-electron chi connectivity index (χ1n) is 6.19. The summed E-state index contributed by atoms with van der Waals surface area (Å²) in [5.41, 5.74) is 0. The van der Waals surface area contributed by atoms with Crippen molar-refractivity contribution in [2.75, 3.05) is 29.6 Å². The van der Waals surface area contributed by atoms with E-state index in [1.54, 1.807) is 0 Å². The van der Waals surface area contributed by atoms with E-state index >= 15 is 0 Å². The lowest BCUT2D eigenvalue weighted by atomic mass is 10.2. The lowest BCUT2D eigenvalue weighted by Gasteiger charge is -2.13. The van der Waals surface area contributed by atoms with E-state index in [4.69, 9.17) is 0 Å². The van der Waals surface area contributed by atoms with Gasteiger partial charge in [0.25, 0.3) is 0 Å². The molecule has 0 aliphatic carbocycles. The molecule has 7 nitrogen and oxygen atoms in total. The Morgan fingerprint density at radius 1 is 0.947 bits per heavy atom. The number of rotatable bonds is 4. The van der Waals surface area contributed by atoms with Gasteiger partial charge in [-0.15, -0.1) is 0 Å². The van der Waals surface area contributed by atoms with Crippen LogP contribution in [0.25, 0.3) is 0 Å². The maximum atomic E-state index is 11.6. The van der Waals surface area contributed by atoms with Gasteiger partial charge in [0, 0.05) is 12.1 Å². The van der Waals surface area contributed by atoms with Gasteiger partial charge in [-0.1, -0.05) is 0 Å². The predicted octanol–water partition coefficient (Wildman–Crippen LogP) is -1.93. The van der Waals surface area contributed by atoms with Crippen LogP contribution in [0.2, 0.25) is 0 Å².